The summed E-state index contributed by atoms with van der Waals surface area (Å²) in [4.78, 5) is 11.4. The molecule has 72 valence electrons. The van der Waals surface area contributed by atoms with E-state index in [1.165, 1.54) is 24.2 Å². The minimum absolute atomic E-state index is 0.179. The number of nitrogens with one attached hydrogen (secondary N) is 1. The summed E-state index contributed by atoms with van der Waals surface area (Å²) < 4.78 is 0. The molecule has 0 rings (SSSR count). The van der Waals surface area contributed by atoms with Crippen LogP contribution in [0.1, 0.15) is 32.6 Å². The van der Waals surface area contributed by atoms with Gasteiger partial charge in [0.2, 0.25) is 0 Å². The minimum Gasteiger partial charge on any atom is -0.550 e. The number of quaternary nitrogens is 1. The van der Waals surface area contributed by atoms with Crippen LogP contribution in [0.25, 0.3) is 0 Å². The number of aliphatic carboxylic acids is 1. The topological polar surface area (TPSA) is 44.6 Å². The van der Waals surface area contributed by atoms with Gasteiger partial charge in [0, 0.05) is 12.4 Å². The van der Waals surface area contributed by atoms with Crippen LogP contribution in [0.3, 0.4) is 0 Å². The van der Waals surface area contributed by atoms with Crippen molar-refractivity contribution in [3.05, 3.63) is 0 Å². The molecule has 0 aliphatic carbocycles. The molecule has 0 heterocycles. The SMILES string of the molecule is CCCCC[NH+](C)CCC(=O)[O-]. The molecule has 0 aromatic heterocycles. The predicted molar refractivity (Wildman–Crippen MR) is 45.8 cm³/mol. The van der Waals surface area contributed by atoms with E-state index in [2.05, 4.69) is 6.92 Å². The highest BCUT2D eigenvalue weighted by atomic mass is 16.4. The fourth-order valence-corrected chi connectivity index (χ4v) is 1.12. The molecule has 0 aromatic carbocycles. The smallest absolute Gasteiger partial charge is 0.0821 e. The summed E-state index contributed by atoms with van der Waals surface area (Å²) in [6.07, 6.45) is 3.82. The molecule has 1 unspecified atom stereocenters. The molecule has 1 N–H and O–H groups in total. The summed E-state index contributed by atoms with van der Waals surface area (Å²) in [5.41, 5.74) is 0. The van der Waals surface area contributed by atoms with E-state index in [4.69, 9.17) is 0 Å². The number of hydrogen-bond donors (Lipinski definition) is 1. The van der Waals surface area contributed by atoms with Crippen molar-refractivity contribution in [2.45, 2.75) is 32.6 Å². The Morgan fingerprint density at radius 2 is 2.00 bits per heavy atom. The van der Waals surface area contributed by atoms with Gasteiger partial charge in [-0.1, -0.05) is 13.3 Å². The van der Waals surface area contributed by atoms with Gasteiger partial charge in [0.05, 0.1) is 20.1 Å². The van der Waals surface area contributed by atoms with Crippen LogP contribution in [0.15, 0.2) is 0 Å². The average molecular weight is 173 g/mol. The lowest BCUT2D eigenvalue weighted by Gasteiger charge is -2.13. The molecule has 0 saturated carbocycles. The van der Waals surface area contributed by atoms with Crippen molar-refractivity contribution in [2.24, 2.45) is 0 Å². The summed E-state index contributed by atoms with van der Waals surface area (Å²) >= 11 is 0. The second kappa shape index (κ2) is 7.10. The van der Waals surface area contributed by atoms with Crippen molar-refractivity contribution in [3.63, 3.8) is 0 Å². The van der Waals surface area contributed by atoms with Gasteiger partial charge in [0.1, 0.15) is 0 Å². The second-order valence-corrected chi connectivity index (χ2v) is 3.29. The van der Waals surface area contributed by atoms with E-state index in [1.54, 1.807) is 0 Å². The Balaban J connectivity index is 3.21. The molecule has 1 atom stereocenters. The molecule has 12 heavy (non-hydrogen) atoms. The lowest BCUT2D eigenvalue weighted by molar-refractivity contribution is -0.879. The van der Waals surface area contributed by atoms with Gasteiger partial charge in [-0.15, -0.1) is 0 Å². The molecule has 0 aliphatic rings. The highest BCUT2D eigenvalue weighted by Crippen LogP contribution is 1.88. The zero-order valence-electron chi connectivity index (χ0n) is 8.06. The number of carboxylic acids is 1. The highest BCUT2D eigenvalue weighted by molar-refractivity contribution is 5.64. The number of carbonyl (C=O) groups excluding carboxylic acids is 1. The first-order chi connectivity index (χ1) is 5.66. The molecule has 3 heteroatoms. The Labute approximate surface area is 74.4 Å². The maximum atomic E-state index is 10.1. The number of carboxylic acid groups (broad SMARTS) is 1. The minimum atomic E-state index is -0.940. The van der Waals surface area contributed by atoms with E-state index >= 15 is 0 Å². The summed E-state index contributed by atoms with van der Waals surface area (Å²) in [6, 6.07) is 0. The monoisotopic (exact) mass is 173 g/mol. The van der Waals surface area contributed by atoms with E-state index in [9.17, 15) is 9.90 Å². The lowest BCUT2D eigenvalue weighted by atomic mass is 10.2. The van der Waals surface area contributed by atoms with Crippen LogP contribution in [0.4, 0.5) is 0 Å². The molecule has 3 nitrogen and oxygen atoms in total. The third-order valence-electron chi connectivity index (χ3n) is 1.96. The standard InChI is InChI=1S/C9H19NO2/c1-3-4-5-7-10(2)8-6-9(11)12/h3-8H2,1-2H3,(H,11,12). The average Bonchev–Trinajstić information content (AvgIpc) is 2.01. The van der Waals surface area contributed by atoms with Crippen molar-refractivity contribution in [1.82, 2.24) is 0 Å². The van der Waals surface area contributed by atoms with Crippen molar-refractivity contribution < 1.29 is 14.8 Å². The lowest BCUT2D eigenvalue weighted by Crippen LogP contribution is -3.09. The van der Waals surface area contributed by atoms with Gasteiger partial charge in [0.15, 0.2) is 0 Å². The summed E-state index contributed by atoms with van der Waals surface area (Å²) in [5.74, 6) is -0.940. The second-order valence-electron chi connectivity index (χ2n) is 3.29. The van der Waals surface area contributed by atoms with Gasteiger partial charge in [-0.25, -0.2) is 0 Å². The summed E-state index contributed by atoms with van der Waals surface area (Å²) in [6.45, 7) is 3.92. The van der Waals surface area contributed by atoms with Gasteiger partial charge in [0.25, 0.3) is 0 Å². The van der Waals surface area contributed by atoms with Crippen LogP contribution >= 0.6 is 0 Å². The molecular weight excluding hydrogens is 154 g/mol. The Morgan fingerprint density at radius 3 is 2.50 bits per heavy atom. The summed E-state index contributed by atoms with van der Waals surface area (Å²) in [7, 11) is 2.03. The molecule has 0 amide bonds. The van der Waals surface area contributed by atoms with E-state index in [-0.39, 0.29) is 6.42 Å². The Morgan fingerprint density at radius 1 is 1.33 bits per heavy atom. The van der Waals surface area contributed by atoms with E-state index in [1.807, 2.05) is 7.05 Å². The third kappa shape index (κ3) is 7.54. The fraction of sp³-hybridized carbons (Fsp3) is 0.889. The van der Waals surface area contributed by atoms with Crippen molar-refractivity contribution in [3.8, 4) is 0 Å². The Hall–Kier alpha value is -0.570. The van der Waals surface area contributed by atoms with Gasteiger partial charge >= 0.3 is 0 Å². The first-order valence-electron chi connectivity index (χ1n) is 4.68. The highest BCUT2D eigenvalue weighted by Gasteiger charge is 2.00. The first-order valence-corrected chi connectivity index (χ1v) is 4.68. The van der Waals surface area contributed by atoms with E-state index in [0.717, 1.165) is 6.54 Å². The maximum absolute atomic E-state index is 10.1. The van der Waals surface area contributed by atoms with Gasteiger partial charge in [-0.05, 0) is 12.8 Å². The van der Waals surface area contributed by atoms with Crippen LogP contribution < -0.4 is 10.0 Å². The quantitative estimate of drug-likeness (QED) is 0.493. The number of hydrogen-bond acceptors (Lipinski definition) is 2. The van der Waals surface area contributed by atoms with Crippen LogP contribution in [0, 0.1) is 0 Å². The Kier molecular flexibility index (Phi) is 6.76. The molecule has 0 radical (unpaired) electrons. The summed E-state index contributed by atoms with van der Waals surface area (Å²) in [5, 5.41) is 10.1. The molecule has 0 spiro atoms. The van der Waals surface area contributed by atoms with Crippen molar-refractivity contribution in [1.29, 1.82) is 0 Å². The normalized spacial score (nSPS) is 12.8. The largest absolute Gasteiger partial charge is 0.550 e. The molecule has 0 saturated heterocycles. The van der Waals surface area contributed by atoms with Crippen LogP contribution in [0.5, 0.6) is 0 Å². The molecule has 0 fully saturated rings. The molecule has 0 aliphatic heterocycles. The maximum Gasteiger partial charge on any atom is 0.0821 e. The van der Waals surface area contributed by atoms with Crippen molar-refractivity contribution in [2.75, 3.05) is 20.1 Å². The Bertz CT molecular complexity index is 126. The number of carbonyl (C=O) groups is 1. The zero-order valence-corrected chi connectivity index (χ0v) is 8.06. The first kappa shape index (κ1) is 11.4. The molecule has 0 aromatic rings. The predicted octanol–water partition coefficient (Wildman–Crippen LogP) is -1.17. The van der Waals surface area contributed by atoms with Gasteiger partial charge in [-0.2, -0.15) is 0 Å². The molecule has 0 bridgehead atoms. The molecular formula is C9H19NO2. The van der Waals surface area contributed by atoms with E-state index < -0.39 is 5.97 Å². The zero-order chi connectivity index (χ0) is 9.40. The third-order valence-corrected chi connectivity index (χ3v) is 1.96. The number of rotatable bonds is 7. The van der Waals surface area contributed by atoms with Crippen molar-refractivity contribution >= 4 is 5.97 Å². The van der Waals surface area contributed by atoms with Gasteiger partial charge in [-0.3, -0.25) is 0 Å². The van der Waals surface area contributed by atoms with E-state index in [0.29, 0.717) is 6.54 Å². The number of unbranched alkanes of at least 4 members (excludes halogenated alkanes) is 2. The van der Waals surface area contributed by atoms with Crippen LogP contribution in [0.2, 0.25) is 0 Å². The fourth-order valence-electron chi connectivity index (χ4n) is 1.12. The van der Waals surface area contributed by atoms with Crippen LogP contribution in [-0.4, -0.2) is 26.1 Å². The van der Waals surface area contributed by atoms with Gasteiger partial charge < -0.3 is 14.8 Å². The van der Waals surface area contributed by atoms with Crippen LogP contribution in [-0.2, 0) is 4.79 Å².